The molecular formula is C20H16N2O. The molecule has 0 fully saturated rings. The summed E-state index contributed by atoms with van der Waals surface area (Å²) in [5, 5.41) is 3.97. The van der Waals surface area contributed by atoms with Gasteiger partial charge in [0, 0.05) is 5.56 Å². The molecular weight excluding hydrogens is 284 g/mol. The molecule has 3 rings (SSSR count). The molecule has 3 aromatic carbocycles. The largest absolute Gasteiger partial charge is 0.271 e. The van der Waals surface area contributed by atoms with Gasteiger partial charge in [-0.3, -0.25) is 4.79 Å². The van der Waals surface area contributed by atoms with Crippen molar-refractivity contribution in [3.63, 3.8) is 0 Å². The van der Waals surface area contributed by atoms with Crippen molar-refractivity contribution in [2.24, 2.45) is 5.10 Å². The van der Waals surface area contributed by atoms with Crippen LogP contribution in [0, 0.1) is 0 Å². The molecule has 0 spiro atoms. The molecule has 0 aromatic heterocycles. The van der Waals surface area contributed by atoms with Crippen molar-refractivity contribution in [2.45, 2.75) is 0 Å². The van der Waals surface area contributed by atoms with Crippen LogP contribution in [-0.2, 0) is 0 Å². The average Bonchev–Trinajstić information content (AvgIpc) is 2.63. The molecule has 112 valence electrons. The predicted molar refractivity (Wildman–Crippen MR) is 93.4 cm³/mol. The van der Waals surface area contributed by atoms with Crippen molar-refractivity contribution in [2.75, 3.05) is 0 Å². The van der Waals surface area contributed by atoms with E-state index in [-0.39, 0.29) is 5.91 Å². The van der Waals surface area contributed by atoms with E-state index in [2.05, 4.69) is 10.5 Å². The minimum absolute atomic E-state index is 0.225. The van der Waals surface area contributed by atoms with E-state index in [1.807, 2.05) is 72.8 Å². The van der Waals surface area contributed by atoms with Crippen molar-refractivity contribution in [3.05, 3.63) is 96.1 Å². The van der Waals surface area contributed by atoms with E-state index in [0.29, 0.717) is 5.56 Å². The normalized spacial score (nSPS) is 10.6. The van der Waals surface area contributed by atoms with Gasteiger partial charge in [-0.05, 0) is 28.8 Å². The molecule has 0 saturated carbocycles. The molecule has 0 radical (unpaired) electrons. The van der Waals surface area contributed by atoms with E-state index in [9.17, 15) is 4.79 Å². The molecule has 0 unspecified atom stereocenters. The molecule has 3 heteroatoms. The Kier molecular flexibility index (Phi) is 4.60. The summed E-state index contributed by atoms with van der Waals surface area (Å²) in [5.74, 6) is -0.225. The fourth-order valence-corrected chi connectivity index (χ4v) is 2.21. The number of hydrogen-bond donors (Lipinski definition) is 1. The fraction of sp³-hybridized carbons (Fsp3) is 0. The zero-order valence-electron chi connectivity index (χ0n) is 12.5. The van der Waals surface area contributed by atoms with E-state index in [1.165, 1.54) is 0 Å². The van der Waals surface area contributed by atoms with Gasteiger partial charge in [-0.2, -0.15) is 5.10 Å². The molecule has 0 aliphatic rings. The van der Waals surface area contributed by atoms with Crippen LogP contribution in [-0.4, -0.2) is 12.1 Å². The smallest absolute Gasteiger partial charge is 0.267 e. The number of carbonyl (C=O) groups excluding carboxylic acids is 1. The molecule has 3 nitrogen and oxygen atoms in total. The van der Waals surface area contributed by atoms with Crippen LogP contribution in [0.15, 0.2) is 90.0 Å². The molecule has 1 N–H and O–H groups in total. The third kappa shape index (κ3) is 3.92. The van der Waals surface area contributed by atoms with Crippen LogP contribution in [0.25, 0.3) is 11.1 Å². The lowest BCUT2D eigenvalue weighted by atomic mass is 10.0. The van der Waals surface area contributed by atoms with Crippen LogP contribution in [0.5, 0.6) is 0 Å². The second-order valence-corrected chi connectivity index (χ2v) is 5.05. The van der Waals surface area contributed by atoms with Gasteiger partial charge in [-0.15, -0.1) is 0 Å². The lowest BCUT2D eigenvalue weighted by Gasteiger charge is -2.03. The summed E-state index contributed by atoms with van der Waals surface area (Å²) >= 11 is 0. The molecule has 0 heterocycles. The highest BCUT2D eigenvalue weighted by Gasteiger charge is 2.04. The van der Waals surface area contributed by atoms with E-state index in [1.54, 1.807) is 18.3 Å². The Labute approximate surface area is 135 Å². The number of hydrazone groups is 1. The van der Waals surface area contributed by atoms with Gasteiger partial charge in [-0.1, -0.05) is 72.8 Å². The minimum Gasteiger partial charge on any atom is -0.267 e. The van der Waals surface area contributed by atoms with Gasteiger partial charge >= 0.3 is 0 Å². The van der Waals surface area contributed by atoms with Gasteiger partial charge in [0.05, 0.1) is 6.21 Å². The summed E-state index contributed by atoms with van der Waals surface area (Å²) in [7, 11) is 0. The van der Waals surface area contributed by atoms with Crippen molar-refractivity contribution in [1.29, 1.82) is 0 Å². The summed E-state index contributed by atoms with van der Waals surface area (Å²) in [4.78, 5) is 12.1. The van der Waals surface area contributed by atoms with Crippen LogP contribution in [0.3, 0.4) is 0 Å². The molecule has 0 bridgehead atoms. The third-order valence-electron chi connectivity index (χ3n) is 3.43. The highest BCUT2D eigenvalue weighted by atomic mass is 16.2. The summed E-state index contributed by atoms with van der Waals surface area (Å²) in [5.41, 5.74) is 6.26. The molecule has 0 aliphatic carbocycles. The second kappa shape index (κ2) is 7.18. The lowest BCUT2D eigenvalue weighted by Crippen LogP contribution is -2.17. The standard InChI is InChI=1S/C20H16N2O/c23-20(22-21-15-16-7-3-1-4-8-16)19-13-11-18(12-14-19)17-9-5-2-6-10-17/h1-15H,(H,22,23)/b21-15-. The Hall–Kier alpha value is -3.20. The highest BCUT2D eigenvalue weighted by Crippen LogP contribution is 2.19. The van der Waals surface area contributed by atoms with Crippen LogP contribution < -0.4 is 5.43 Å². The van der Waals surface area contributed by atoms with Crippen molar-refractivity contribution < 1.29 is 4.79 Å². The molecule has 23 heavy (non-hydrogen) atoms. The van der Waals surface area contributed by atoms with E-state index >= 15 is 0 Å². The Morgan fingerprint density at radius 3 is 1.96 bits per heavy atom. The number of hydrogen-bond acceptors (Lipinski definition) is 2. The number of nitrogens with zero attached hydrogens (tertiary/aromatic N) is 1. The molecule has 0 aliphatic heterocycles. The van der Waals surface area contributed by atoms with Crippen molar-refractivity contribution in [3.8, 4) is 11.1 Å². The van der Waals surface area contributed by atoms with E-state index in [0.717, 1.165) is 16.7 Å². The summed E-state index contributed by atoms with van der Waals surface area (Å²) in [6.07, 6.45) is 1.62. The number of carbonyl (C=O) groups is 1. The van der Waals surface area contributed by atoms with Gasteiger partial charge in [0.25, 0.3) is 5.91 Å². The van der Waals surface area contributed by atoms with Crippen molar-refractivity contribution in [1.82, 2.24) is 5.43 Å². The van der Waals surface area contributed by atoms with E-state index < -0.39 is 0 Å². The first-order chi connectivity index (χ1) is 11.3. The van der Waals surface area contributed by atoms with E-state index in [4.69, 9.17) is 0 Å². The number of rotatable bonds is 4. The third-order valence-corrected chi connectivity index (χ3v) is 3.43. The Morgan fingerprint density at radius 1 is 0.739 bits per heavy atom. The maximum atomic E-state index is 12.1. The zero-order chi connectivity index (χ0) is 15.9. The first-order valence-electron chi connectivity index (χ1n) is 7.37. The van der Waals surface area contributed by atoms with Gasteiger partial charge in [-0.25, -0.2) is 5.43 Å². The number of amides is 1. The maximum absolute atomic E-state index is 12.1. The Morgan fingerprint density at radius 2 is 1.30 bits per heavy atom. The predicted octanol–water partition coefficient (Wildman–Crippen LogP) is 4.12. The minimum atomic E-state index is -0.225. The first-order valence-corrected chi connectivity index (χ1v) is 7.37. The van der Waals surface area contributed by atoms with Crippen molar-refractivity contribution >= 4 is 12.1 Å². The number of benzene rings is 3. The molecule has 1 amide bonds. The first kappa shape index (κ1) is 14.7. The zero-order valence-corrected chi connectivity index (χ0v) is 12.5. The second-order valence-electron chi connectivity index (χ2n) is 5.05. The monoisotopic (exact) mass is 300 g/mol. The quantitative estimate of drug-likeness (QED) is 0.571. The SMILES string of the molecule is O=C(N/N=C\c1ccccc1)c1ccc(-c2ccccc2)cc1. The number of nitrogens with one attached hydrogen (secondary N) is 1. The average molecular weight is 300 g/mol. The molecule has 3 aromatic rings. The van der Waals surface area contributed by atoms with Crippen LogP contribution >= 0.6 is 0 Å². The van der Waals surface area contributed by atoms with Crippen LogP contribution in [0.2, 0.25) is 0 Å². The fourth-order valence-electron chi connectivity index (χ4n) is 2.21. The highest BCUT2D eigenvalue weighted by molar-refractivity contribution is 5.95. The van der Waals surface area contributed by atoms with Gasteiger partial charge in [0.15, 0.2) is 0 Å². The van der Waals surface area contributed by atoms with Gasteiger partial charge < -0.3 is 0 Å². The summed E-state index contributed by atoms with van der Waals surface area (Å²) < 4.78 is 0. The van der Waals surface area contributed by atoms with Crippen LogP contribution in [0.4, 0.5) is 0 Å². The molecule has 0 atom stereocenters. The van der Waals surface area contributed by atoms with Crippen LogP contribution in [0.1, 0.15) is 15.9 Å². The molecule has 0 saturated heterocycles. The van der Waals surface area contributed by atoms with Gasteiger partial charge in [0.1, 0.15) is 0 Å². The van der Waals surface area contributed by atoms with Gasteiger partial charge in [0.2, 0.25) is 0 Å². The Bertz CT molecular complexity index is 794. The maximum Gasteiger partial charge on any atom is 0.271 e. The summed E-state index contributed by atoms with van der Waals surface area (Å²) in [6, 6.07) is 27.1. The topological polar surface area (TPSA) is 41.5 Å². The Balaban J connectivity index is 1.65. The summed E-state index contributed by atoms with van der Waals surface area (Å²) in [6.45, 7) is 0. The lowest BCUT2D eigenvalue weighted by molar-refractivity contribution is 0.0955.